The zero-order chi connectivity index (χ0) is 41.4. The quantitative estimate of drug-likeness (QED) is 0.0425. The molecule has 0 saturated carbocycles. The molecule has 1 amide bonds. The fourth-order valence-electron chi connectivity index (χ4n) is 7.10. The summed E-state index contributed by atoms with van der Waals surface area (Å²) < 4.78 is 0. The number of carbonyl (C=O) groups is 1. The standard InChI is InChI=1S/C53H95NO3/c1-3-5-7-9-11-13-15-17-19-21-23-25-26-27-28-29-31-33-35-37-39-41-43-45-47-49-53(57)54-51(50-55)52(56)48-46-44-42-40-38-36-34-32-30-24-22-20-18-16-14-12-10-8-6-4-2/h15,17,21,23,26-27,30,32,38,40,46,48,51-52,55-56H,3-14,16,18-20,22,24-25,28-29,31,33-37,39,41-45,47,49-50H2,1-2H3,(H,54,57)/b17-15-,23-21-,27-26-,32-30+,40-38+,48-46+. The molecule has 2 unspecified atom stereocenters. The van der Waals surface area contributed by atoms with Gasteiger partial charge in [0.05, 0.1) is 18.8 Å². The molecule has 0 saturated heterocycles. The van der Waals surface area contributed by atoms with Gasteiger partial charge in [0.2, 0.25) is 5.91 Å². The molecule has 0 heterocycles. The summed E-state index contributed by atoms with van der Waals surface area (Å²) in [6.45, 7) is 4.28. The van der Waals surface area contributed by atoms with Crippen molar-refractivity contribution in [1.82, 2.24) is 5.32 Å². The molecule has 0 aliphatic rings. The number of allylic oxidation sites excluding steroid dienone is 11. The molecular weight excluding hydrogens is 699 g/mol. The highest BCUT2D eigenvalue weighted by Crippen LogP contribution is 2.14. The second-order valence-corrected chi connectivity index (χ2v) is 16.5. The Morgan fingerprint density at radius 3 is 1.14 bits per heavy atom. The third-order valence-electron chi connectivity index (χ3n) is 10.9. The van der Waals surface area contributed by atoms with Crippen molar-refractivity contribution in [1.29, 1.82) is 0 Å². The Bertz CT molecular complexity index is 992. The number of hydrogen-bond donors (Lipinski definition) is 3. The van der Waals surface area contributed by atoms with Crippen LogP contribution in [0.1, 0.15) is 239 Å². The summed E-state index contributed by atoms with van der Waals surface area (Å²) in [5, 5.41) is 23.1. The first-order valence-electron chi connectivity index (χ1n) is 24.7. The largest absolute Gasteiger partial charge is 0.394 e. The molecule has 4 nitrogen and oxygen atoms in total. The fourth-order valence-corrected chi connectivity index (χ4v) is 7.10. The number of unbranched alkanes of at least 4 members (excludes halogenated alkanes) is 27. The number of carbonyl (C=O) groups excluding carboxylic acids is 1. The van der Waals surface area contributed by atoms with Gasteiger partial charge in [-0.3, -0.25) is 4.79 Å². The van der Waals surface area contributed by atoms with Gasteiger partial charge in [-0.1, -0.05) is 222 Å². The van der Waals surface area contributed by atoms with Gasteiger partial charge in [-0.15, -0.1) is 0 Å². The second-order valence-electron chi connectivity index (χ2n) is 16.5. The van der Waals surface area contributed by atoms with Crippen molar-refractivity contribution in [3.63, 3.8) is 0 Å². The molecule has 2 atom stereocenters. The number of rotatable bonds is 44. The summed E-state index contributed by atoms with van der Waals surface area (Å²) in [5.74, 6) is -0.0835. The summed E-state index contributed by atoms with van der Waals surface area (Å²) in [5.41, 5.74) is 0. The zero-order valence-electron chi connectivity index (χ0n) is 37.8. The van der Waals surface area contributed by atoms with E-state index in [1.54, 1.807) is 6.08 Å². The first-order valence-corrected chi connectivity index (χ1v) is 24.7. The van der Waals surface area contributed by atoms with Gasteiger partial charge in [0.1, 0.15) is 0 Å². The van der Waals surface area contributed by atoms with E-state index in [9.17, 15) is 15.0 Å². The molecule has 4 heteroatoms. The molecule has 0 aliphatic heterocycles. The smallest absolute Gasteiger partial charge is 0.220 e. The van der Waals surface area contributed by atoms with E-state index < -0.39 is 12.1 Å². The Morgan fingerprint density at radius 2 is 0.737 bits per heavy atom. The lowest BCUT2D eigenvalue weighted by Crippen LogP contribution is -2.45. The third-order valence-corrected chi connectivity index (χ3v) is 10.9. The van der Waals surface area contributed by atoms with Crippen LogP contribution in [0.25, 0.3) is 0 Å². The maximum atomic E-state index is 12.4. The van der Waals surface area contributed by atoms with Crippen LogP contribution < -0.4 is 5.32 Å². The first kappa shape index (κ1) is 54.8. The fraction of sp³-hybridized carbons (Fsp3) is 0.755. The molecule has 3 N–H and O–H groups in total. The van der Waals surface area contributed by atoms with Gasteiger partial charge in [0, 0.05) is 6.42 Å². The van der Waals surface area contributed by atoms with Crippen LogP contribution >= 0.6 is 0 Å². The average Bonchev–Trinajstić information content (AvgIpc) is 3.22. The number of hydrogen-bond acceptors (Lipinski definition) is 3. The van der Waals surface area contributed by atoms with Crippen LogP contribution in [0.3, 0.4) is 0 Å². The van der Waals surface area contributed by atoms with Gasteiger partial charge in [-0.25, -0.2) is 0 Å². The van der Waals surface area contributed by atoms with Gasteiger partial charge in [-0.05, 0) is 83.5 Å². The molecule has 0 rings (SSSR count). The van der Waals surface area contributed by atoms with Gasteiger partial charge < -0.3 is 15.5 Å². The Morgan fingerprint density at radius 1 is 0.421 bits per heavy atom. The minimum Gasteiger partial charge on any atom is -0.394 e. The van der Waals surface area contributed by atoms with E-state index in [4.69, 9.17) is 0 Å². The molecule has 0 radical (unpaired) electrons. The van der Waals surface area contributed by atoms with Gasteiger partial charge in [0.25, 0.3) is 0 Å². The lowest BCUT2D eigenvalue weighted by atomic mass is 10.0. The maximum absolute atomic E-state index is 12.4. The Balaban J connectivity index is 3.63. The number of aliphatic hydroxyl groups is 2. The molecule has 0 aromatic carbocycles. The first-order chi connectivity index (χ1) is 28.2. The Labute approximate surface area is 355 Å². The molecule has 0 aromatic heterocycles. The van der Waals surface area contributed by atoms with Crippen molar-refractivity contribution < 1.29 is 15.0 Å². The van der Waals surface area contributed by atoms with Crippen molar-refractivity contribution in [2.24, 2.45) is 0 Å². The van der Waals surface area contributed by atoms with Gasteiger partial charge in [-0.2, -0.15) is 0 Å². The molecule has 0 aliphatic carbocycles. The SMILES string of the molecule is CCCCCCC/C=C\C/C=C\C/C=C\CCCCCCCCCCCCC(=O)NC(CO)C(O)/C=C/CC/C=C/CC/C=C/CCCCCCCCCCCC. The zero-order valence-corrected chi connectivity index (χ0v) is 37.8. The molecular formula is C53H95NO3. The predicted molar refractivity (Wildman–Crippen MR) is 253 cm³/mol. The van der Waals surface area contributed by atoms with E-state index in [0.29, 0.717) is 6.42 Å². The molecule has 330 valence electrons. The van der Waals surface area contributed by atoms with Crippen LogP contribution in [0, 0.1) is 0 Å². The van der Waals surface area contributed by atoms with E-state index in [2.05, 4.69) is 79.9 Å². The lowest BCUT2D eigenvalue weighted by molar-refractivity contribution is -0.123. The van der Waals surface area contributed by atoms with Crippen LogP contribution in [0.15, 0.2) is 72.9 Å². The predicted octanol–water partition coefficient (Wildman–Crippen LogP) is 15.9. The van der Waals surface area contributed by atoms with Crippen LogP contribution in [0.2, 0.25) is 0 Å². The minimum absolute atomic E-state index is 0.0835. The number of amides is 1. The minimum atomic E-state index is -0.875. The molecule has 0 fully saturated rings. The van der Waals surface area contributed by atoms with Crippen molar-refractivity contribution >= 4 is 5.91 Å². The highest BCUT2D eigenvalue weighted by molar-refractivity contribution is 5.76. The van der Waals surface area contributed by atoms with E-state index in [0.717, 1.165) is 51.4 Å². The summed E-state index contributed by atoms with van der Waals surface area (Å²) in [6.07, 6.45) is 68.8. The Hall–Kier alpha value is -2.17. The van der Waals surface area contributed by atoms with Crippen molar-refractivity contribution in [3.8, 4) is 0 Å². The summed E-state index contributed by atoms with van der Waals surface area (Å²) in [6, 6.07) is -0.651. The van der Waals surface area contributed by atoms with Crippen LogP contribution in [-0.2, 0) is 4.79 Å². The number of aliphatic hydroxyl groups excluding tert-OH is 2. The van der Waals surface area contributed by atoms with E-state index in [-0.39, 0.29) is 12.5 Å². The molecule has 0 aromatic rings. The van der Waals surface area contributed by atoms with E-state index >= 15 is 0 Å². The second kappa shape index (κ2) is 48.2. The van der Waals surface area contributed by atoms with Gasteiger partial charge in [0.15, 0.2) is 0 Å². The van der Waals surface area contributed by atoms with E-state index in [1.807, 2.05) is 6.08 Å². The normalized spacial score (nSPS) is 13.5. The van der Waals surface area contributed by atoms with E-state index in [1.165, 1.54) is 167 Å². The summed E-state index contributed by atoms with van der Waals surface area (Å²) >= 11 is 0. The monoisotopic (exact) mass is 794 g/mol. The highest BCUT2D eigenvalue weighted by Gasteiger charge is 2.17. The number of nitrogens with one attached hydrogen (secondary N) is 1. The molecule has 0 bridgehead atoms. The van der Waals surface area contributed by atoms with Crippen molar-refractivity contribution in [2.75, 3.05) is 6.61 Å². The molecule has 57 heavy (non-hydrogen) atoms. The summed E-state index contributed by atoms with van der Waals surface area (Å²) in [7, 11) is 0. The maximum Gasteiger partial charge on any atom is 0.220 e. The van der Waals surface area contributed by atoms with Crippen LogP contribution in [0.5, 0.6) is 0 Å². The third kappa shape index (κ3) is 44.8. The summed E-state index contributed by atoms with van der Waals surface area (Å²) in [4.78, 5) is 12.4. The van der Waals surface area contributed by atoms with Crippen molar-refractivity contribution in [3.05, 3.63) is 72.9 Å². The van der Waals surface area contributed by atoms with Crippen LogP contribution in [0.4, 0.5) is 0 Å². The Kier molecular flexibility index (Phi) is 46.4. The lowest BCUT2D eigenvalue weighted by Gasteiger charge is -2.19. The highest BCUT2D eigenvalue weighted by atomic mass is 16.3. The average molecular weight is 794 g/mol. The van der Waals surface area contributed by atoms with Crippen molar-refractivity contribution in [2.45, 2.75) is 251 Å². The van der Waals surface area contributed by atoms with Gasteiger partial charge >= 0.3 is 0 Å². The topological polar surface area (TPSA) is 69.6 Å². The van der Waals surface area contributed by atoms with Crippen LogP contribution in [-0.4, -0.2) is 34.9 Å². The molecule has 0 spiro atoms.